The Labute approximate surface area is 91.2 Å². The number of hydrogen-bond acceptors (Lipinski definition) is 2. The first kappa shape index (κ1) is 11.8. The second-order valence-electron chi connectivity index (χ2n) is 3.86. The summed E-state index contributed by atoms with van der Waals surface area (Å²) in [7, 11) is 0. The molecule has 0 aliphatic carbocycles. The first-order valence-corrected chi connectivity index (χ1v) is 5.10. The van der Waals surface area contributed by atoms with Gasteiger partial charge in [0.15, 0.2) is 0 Å². The fourth-order valence-corrected chi connectivity index (χ4v) is 1.27. The molecule has 0 radical (unpaired) electrons. The summed E-state index contributed by atoms with van der Waals surface area (Å²) in [5, 5.41) is 9.16. The molecule has 0 aliphatic heterocycles. The second-order valence-corrected chi connectivity index (χ2v) is 3.86. The molecule has 0 aromatic heterocycles. The molecule has 0 aliphatic rings. The highest BCUT2D eigenvalue weighted by Crippen LogP contribution is 2.19. The molecule has 1 N–H and O–H groups in total. The van der Waals surface area contributed by atoms with Crippen molar-refractivity contribution in [2.75, 3.05) is 6.61 Å². The van der Waals surface area contributed by atoms with Gasteiger partial charge in [0, 0.05) is 5.56 Å². The largest absolute Gasteiger partial charge is 0.489 e. The predicted molar refractivity (Wildman–Crippen MR) is 62.0 cm³/mol. The topological polar surface area (TPSA) is 29.5 Å². The molecule has 0 unspecified atom stereocenters. The van der Waals surface area contributed by atoms with Crippen molar-refractivity contribution in [3.05, 3.63) is 41.0 Å². The van der Waals surface area contributed by atoms with Gasteiger partial charge in [-0.1, -0.05) is 23.3 Å². The van der Waals surface area contributed by atoms with Crippen LogP contribution in [0.5, 0.6) is 5.75 Å². The van der Waals surface area contributed by atoms with E-state index in [4.69, 9.17) is 9.84 Å². The number of rotatable bonds is 4. The van der Waals surface area contributed by atoms with E-state index < -0.39 is 0 Å². The monoisotopic (exact) mass is 206 g/mol. The quantitative estimate of drug-likeness (QED) is 0.767. The van der Waals surface area contributed by atoms with Gasteiger partial charge >= 0.3 is 0 Å². The molecule has 0 bridgehead atoms. The fourth-order valence-electron chi connectivity index (χ4n) is 1.27. The van der Waals surface area contributed by atoms with Crippen molar-refractivity contribution < 1.29 is 9.84 Å². The summed E-state index contributed by atoms with van der Waals surface area (Å²) >= 11 is 0. The number of ether oxygens (including phenoxy) is 1. The maximum absolute atomic E-state index is 9.16. The summed E-state index contributed by atoms with van der Waals surface area (Å²) in [6, 6.07) is 5.83. The van der Waals surface area contributed by atoms with Gasteiger partial charge in [-0.15, -0.1) is 0 Å². The summed E-state index contributed by atoms with van der Waals surface area (Å²) < 4.78 is 5.56. The Hall–Kier alpha value is -1.28. The van der Waals surface area contributed by atoms with Gasteiger partial charge in [0.1, 0.15) is 12.4 Å². The number of aliphatic hydroxyl groups excluding tert-OH is 1. The highest BCUT2D eigenvalue weighted by atomic mass is 16.5. The normalized spacial score (nSPS) is 9.87. The van der Waals surface area contributed by atoms with Gasteiger partial charge in [-0.25, -0.2) is 0 Å². The zero-order chi connectivity index (χ0) is 11.3. The molecule has 0 amide bonds. The molecule has 1 aromatic rings. The smallest absolute Gasteiger partial charge is 0.125 e. The van der Waals surface area contributed by atoms with Crippen molar-refractivity contribution in [2.45, 2.75) is 27.4 Å². The minimum Gasteiger partial charge on any atom is -0.489 e. The highest BCUT2D eigenvalue weighted by Gasteiger charge is 2.01. The lowest BCUT2D eigenvalue weighted by Crippen LogP contribution is -1.98. The van der Waals surface area contributed by atoms with Crippen molar-refractivity contribution >= 4 is 0 Å². The molecule has 1 rings (SSSR count). The molecule has 2 heteroatoms. The van der Waals surface area contributed by atoms with Gasteiger partial charge in [0.2, 0.25) is 0 Å². The summed E-state index contributed by atoms with van der Waals surface area (Å²) in [6.07, 6.45) is 2.01. The molecule has 0 atom stereocenters. The van der Waals surface area contributed by atoms with Crippen LogP contribution in [0.1, 0.15) is 25.0 Å². The molecule has 15 heavy (non-hydrogen) atoms. The van der Waals surface area contributed by atoms with Crippen LogP contribution >= 0.6 is 0 Å². The number of allylic oxidation sites excluding steroid dienone is 1. The van der Waals surface area contributed by atoms with Gasteiger partial charge in [-0.3, -0.25) is 0 Å². The third-order valence-corrected chi connectivity index (χ3v) is 2.12. The standard InChI is InChI=1S/C13H18O2/c1-10(2)6-7-15-13-5-4-11(3)8-12(13)9-14/h4-6,8,14H,7,9H2,1-3H3. The Bertz CT molecular complexity index is 350. The van der Waals surface area contributed by atoms with E-state index in [1.807, 2.05) is 45.0 Å². The lowest BCUT2D eigenvalue weighted by Gasteiger charge is -2.09. The lowest BCUT2D eigenvalue weighted by atomic mass is 10.1. The molecule has 0 spiro atoms. The first-order valence-electron chi connectivity index (χ1n) is 5.10. The van der Waals surface area contributed by atoms with Crippen molar-refractivity contribution in [1.29, 1.82) is 0 Å². The van der Waals surface area contributed by atoms with Crippen LogP contribution in [0.4, 0.5) is 0 Å². The van der Waals surface area contributed by atoms with Crippen molar-refractivity contribution in [3.63, 3.8) is 0 Å². The van der Waals surface area contributed by atoms with Crippen LogP contribution in [0.15, 0.2) is 29.8 Å². The maximum atomic E-state index is 9.16. The zero-order valence-corrected chi connectivity index (χ0v) is 9.58. The summed E-state index contributed by atoms with van der Waals surface area (Å²) in [5.41, 5.74) is 3.21. The van der Waals surface area contributed by atoms with Crippen LogP contribution in [0, 0.1) is 6.92 Å². The average Bonchev–Trinajstić information content (AvgIpc) is 2.19. The molecule has 0 fully saturated rings. The fraction of sp³-hybridized carbons (Fsp3) is 0.385. The number of aliphatic hydroxyl groups is 1. The SMILES string of the molecule is CC(C)=CCOc1ccc(C)cc1CO. The number of benzene rings is 1. The van der Waals surface area contributed by atoms with Crippen molar-refractivity contribution in [1.82, 2.24) is 0 Å². The van der Waals surface area contributed by atoms with Gasteiger partial charge in [-0.05, 0) is 32.9 Å². The van der Waals surface area contributed by atoms with E-state index in [9.17, 15) is 0 Å². The zero-order valence-electron chi connectivity index (χ0n) is 9.58. The van der Waals surface area contributed by atoms with Crippen LogP contribution in [-0.4, -0.2) is 11.7 Å². The van der Waals surface area contributed by atoms with E-state index in [-0.39, 0.29) is 6.61 Å². The molecule has 0 saturated heterocycles. The molecular formula is C13H18O2. The van der Waals surface area contributed by atoms with Crippen LogP contribution in [0.3, 0.4) is 0 Å². The molecule has 1 aromatic carbocycles. The molecular weight excluding hydrogens is 188 g/mol. The van der Waals surface area contributed by atoms with Crippen LogP contribution in [0.2, 0.25) is 0 Å². The first-order chi connectivity index (χ1) is 7.13. The Morgan fingerprint density at radius 2 is 2.13 bits per heavy atom. The molecule has 0 saturated carbocycles. The van der Waals surface area contributed by atoms with Gasteiger partial charge in [0.25, 0.3) is 0 Å². The Morgan fingerprint density at radius 1 is 1.40 bits per heavy atom. The van der Waals surface area contributed by atoms with Crippen LogP contribution in [-0.2, 0) is 6.61 Å². The van der Waals surface area contributed by atoms with Gasteiger partial charge < -0.3 is 9.84 Å². The van der Waals surface area contributed by atoms with E-state index >= 15 is 0 Å². The van der Waals surface area contributed by atoms with E-state index in [0.29, 0.717) is 6.61 Å². The maximum Gasteiger partial charge on any atom is 0.125 e. The molecule has 82 valence electrons. The minimum atomic E-state index is 0.0197. The van der Waals surface area contributed by atoms with E-state index in [0.717, 1.165) is 16.9 Å². The third kappa shape index (κ3) is 3.76. The Kier molecular flexibility index (Phi) is 4.37. The molecule has 2 nitrogen and oxygen atoms in total. The van der Waals surface area contributed by atoms with E-state index in [2.05, 4.69) is 0 Å². The third-order valence-electron chi connectivity index (χ3n) is 2.12. The van der Waals surface area contributed by atoms with Crippen molar-refractivity contribution in [2.24, 2.45) is 0 Å². The number of aryl methyl sites for hydroxylation is 1. The molecule has 0 heterocycles. The summed E-state index contributed by atoms with van der Waals surface area (Å²) in [5.74, 6) is 0.764. The summed E-state index contributed by atoms with van der Waals surface area (Å²) in [6.45, 7) is 6.64. The van der Waals surface area contributed by atoms with E-state index in [1.54, 1.807) is 0 Å². The minimum absolute atomic E-state index is 0.0197. The van der Waals surface area contributed by atoms with Crippen molar-refractivity contribution in [3.8, 4) is 5.75 Å². The average molecular weight is 206 g/mol. The highest BCUT2D eigenvalue weighted by molar-refractivity contribution is 5.36. The Morgan fingerprint density at radius 3 is 2.73 bits per heavy atom. The lowest BCUT2D eigenvalue weighted by molar-refractivity contribution is 0.269. The van der Waals surface area contributed by atoms with Gasteiger partial charge in [0.05, 0.1) is 6.61 Å². The van der Waals surface area contributed by atoms with Gasteiger partial charge in [-0.2, -0.15) is 0 Å². The second kappa shape index (κ2) is 5.56. The van der Waals surface area contributed by atoms with Crippen LogP contribution in [0.25, 0.3) is 0 Å². The predicted octanol–water partition coefficient (Wildman–Crippen LogP) is 2.83. The van der Waals surface area contributed by atoms with Crippen LogP contribution < -0.4 is 4.74 Å². The van der Waals surface area contributed by atoms with E-state index in [1.165, 1.54) is 5.57 Å². The number of hydrogen-bond donors (Lipinski definition) is 1. The summed E-state index contributed by atoms with van der Waals surface area (Å²) in [4.78, 5) is 0. The Balaban J connectivity index is 2.72.